The predicted octanol–water partition coefficient (Wildman–Crippen LogP) is 3.02. The number of halogens is 1. The summed E-state index contributed by atoms with van der Waals surface area (Å²) in [6.45, 7) is 4.12. The zero-order valence-corrected chi connectivity index (χ0v) is 12.9. The van der Waals surface area contributed by atoms with E-state index in [1.54, 1.807) is 0 Å². The molecule has 1 aliphatic heterocycles. The maximum atomic E-state index is 12.1. The molecule has 1 amide bonds. The molecule has 0 saturated carbocycles. The Morgan fingerprint density at radius 3 is 2.79 bits per heavy atom. The van der Waals surface area contributed by atoms with Crippen molar-refractivity contribution in [3.8, 4) is 0 Å². The smallest absolute Gasteiger partial charge is 0.220 e. The van der Waals surface area contributed by atoms with Gasteiger partial charge in [-0.3, -0.25) is 4.79 Å². The first-order valence-electron chi connectivity index (χ1n) is 6.94. The van der Waals surface area contributed by atoms with E-state index in [0.29, 0.717) is 12.3 Å². The topological polar surface area (TPSA) is 41.1 Å². The molecule has 1 heterocycles. The second-order valence-corrected chi connectivity index (χ2v) is 6.06. The minimum absolute atomic E-state index is 0.120. The zero-order valence-electron chi connectivity index (χ0n) is 11.3. The number of carbonyl (C=O) groups is 1. The second kappa shape index (κ2) is 7.06. The van der Waals surface area contributed by atoms with Crippen LogP contribution in [0.5, 0.6) is 0 Å². The van der Waals surface area contributed by atoms with Crippen LogP contribution in [0.25, 0.3) is 0 Å². The van der Waals surface area contributed by atoms with Crippen LogP contribution in [0, 0.1) is 5.92 Å². The molecule has 0 aromatic heterocycles. The standard InChI is InChI=1S/C15H21BrN2O/c1-2-14(12-3-5-13(16)6-4-12)18-15(19)9-11-7-8-17-10-11/h3-6,11,14,17H,2,7-10H2,1H3,(H,18,19). The zero-order chi connectivity index (χ0) is 13.7. The van der Waals surface area contributed by atoms with Gasteiger partial charge in [-0.05, 0) is 49.5 Å². The Morgan fingerprint density at radius 1 is 1.47 bits per heavy atom. The fraction of sp³-hybridized carbons (Fsp3) is 0.533. The van der Waals surface area contributed by atoms with Crippen molar-refractivity contribution in [3.63, 3.8) is 0 Å². The number of rotatable bonds is 5. The van der Waals surface area contributed by atoms with Crippen LogP contribution in [0.2, 0.25) is 0 Å². The predicted molar refractivity (Wildman–Crippen MR) is 80.9 cm³/mol. The summed E-state index contributed by atoms with van der Waals surface area (Å²) in [7, 11) is 0. The van der Waals surface area contributed by atoms with Gasteiger partial charge >= 0.3 is 0 Å². The fourth-order valence-corrected chi connectivity index (χ4v) is 2.78. The summed E-state index contributed by atoms with van der Waals surface area (Å²) in [6, 6.07) is 8.29. The van der Waals surface area contributed by atoms with Crippen molar-refractivity contribution in [1.29, 1.82) is 0 Å². The van der Waals surface area contributed by atoms with Crippen molar-refractivity contribution in [2.24, 2.45) is 5.92 Å². The van der Waals surface area contributed by atoms with Crippen LogP contribution in [-0.2, 0) is 4.79 Å². The van der Waals surface area contributed by atoms with Crippen LogP contribution < -0.4 is 10.6 Å². The molecule has 3 nitrogen and oxygen atoms in total. The third kappa shape index (κ3) is 4.32. The summed E-state index contributed by atoms with van der Waals surface area (Å²) in [6.07, 6.45) is 2.67. The third-order valence-electron chi connectivity index (χ3n) is 3.65. The van der Waals surface area contributed by atoms with Gasteiger partial charge in [0.1, 0.15) is 0 Å². The van der Waals surface area contributed by atoms with Crippen LogP contribution in [0.4, 0.5) is 0 Å². The molecule has 4 heteroatoms. The lowest BCUT2D eigenvalue weighted by Crippen LogP contribution is -2.30. The molecular weight excluding hydrogens is 304 g/mol. The van der Waals surface area contributed by atoms with Gasteiger partial charge in [0.2, 0.25) is 5.91 Å². The van der Waals surface area contributed by atoms with Crippen molar-refractivity contribution in [2.45, 2.75) is 32.2 Å². The van der Waals surface area contributed by atoms with Crippen molar-refractivity contribution >= 4 is 21.8 Å². The molecule has 1 fully saturated rings. The highest BCUT2D eigenvalue weighted by Gasteiger charge is 2.20. The van der Waals surface area contributed by atoms with Crippen LogP contribution in [0.1, 0.15) is 37.8 Å². The van der Waals surface area contributed by atoms with Crippen molar-refractivity contribution in [1.82, 2.24) is 10.6 Å². The van der Waals surface area contributed by atoms with E-state index in [2.05, 4.69) is 45.6 Å². The first-order chi connectivity index (χ1) is 9.19. The Morgan fingerprint density at radius 2 is 2.21 bits per heavy atom. The lowest BCUT2D eigenvalue weighted by Gasteiger charge is -2.18. The van der Waals surface area contributed by atoms with Gasteiger partial charge < -0.3 is 10.6 Å². The Bertz CT molecular complexity index is 413. The molecule has 2 atom stereocenters. The molecule has 0 radical (unpaired) electrons. The second-order valence-electron chi connectivity index (χ2n) is 5.14. The molecule has 2 rings (SSSR count). The molecule has 1 aliphatic rings. The average molecular weight is 325 g/mol. The van der Waals surface area contributed by atoms with Crippen LogP contribution in [0.15, 0.2) is 28.7 Å². The highest BCUT2D eigenvalue weighted by Crippen LogP contribution is 2.20. The Kier molecular flexibility index (Phi) is 5.40. The van der Waals surface area contributed by atoms with E-state index in [4.69, 9.17) is 0 Å². The molecular formula is C15H21BrN2O. The minimum Gasteiger partial charge on any atom is -0.349 e. The fourth-order valence-electron chi connectivity index (χ4n) is 2.52. The highest BCUT2D eigenvalue weighted by atomic mass is 79.9. The largest absolute Gasteiger partial charge is 0.349 e. The molecule has 2 N–H and O–H groups in total. The number of hydrogen-bond acceptors (Lipinski definition) is 2. The van der Waals surface area contributed by atoms with E-state index in [1.165, 1.54) is 5.56 Å². The number of hydrogen-bond donors (Lipinski definition) is 2. The molecule has 0 aliphatic carbocycles. The maximum Gasteiger partial charge on any atom is 0.220 e. The van der Waals surface area contributed by atoms with Crippen molar-refractivity contribution < 1.29 is 4.79 Å². The van der Waals surface area contributed by atoms with E-state index in [-0.39, 0.29) is 11.9 Å². The lowest BCUT2D eigenvalue weighted by atomic mass is 10.0. The molecule has 104 valence electrons. The van der Waals surface area contributed by atoms with Crippen LogP contribution >= 0.6 is 15.9 Å². The first kappa shape index (κ1) is 14.5. The van der Waals surface area contributed by atoms with E-state index in [9.17, 15) is 4.79 Å². The van der Waals surface area contributed by atoms with Crippen molar-refractivity contribution in [2.75, 3.05) is 13.1 Å². The monoisotopic (exact) mass is 324 g/mol. The van der Waals surface area contributed by atoms with E-state index < -0.39 is 0 Å². The molecule has 19 heavy (non-hydrogen) atoms. The summed E-state index contributed by atoms with van der Waals surface area (Å²) >= 11 is 3.43. The molecule has 0 spiro atoms. The maximum absolute atomic E-state index is 12.1. The van der Waals surface area contributed by atoms with Crippen LogP contribution in [0.3, 0.4) is 0 Å². The quantitative estimate of drug-likeness (QED) is 0.874. The van der Waals surface area contributed by atoms with Gasteiger partial charge in [-0.1, -0.05) is 35.0 Å². The van der Waals surface area contributed by atoms with E-state index in [0.717, 1.165) is 30.4 Å². The number of nitrogens with one attached hydrogen (secondary N) is 2. The normalized spacial score (nSPS) is 20.2. The van der Waals surface area contributed by atoms with Gasteiger partial charge in [-0.15, -0.1) is 0 Å². The summed E-state index contributed by atoms with van der Waals surface area (Å²) in [4.78, 5) is 12.1. The molecule has 2 unspecified atom stereocenters. The summed E-state index contributed by atoms with van der Waals surface area (Å²) in [5.41, 5.74) is 1.17. The Balaban J connectivity index is 1.90. The Labute approximate surface area is 123 Å². The van der Waals surface area contributed by atoms with E-state index in [1.807, 2.05) is 12.1 Å². The summed E-state index contributed by atoms with van der Waals surface area (Å²) in [5, 5.41) is 6.45. The number of amides is 1. The lowest BCUT2D eigenvalue weighted by molar-refractivity contribution is -0.122. The molecule has 1 saturated heterocycles. The molecule has 1 aromatic carbocycles. The SMILES string of the molecule is CCC(NC(=O)CC1CCNC1)c1ccc(Br)cc1. The van der Waals surface area contributed by atoms with Crippen molar-refractivity contribution in [3.05, 3.63) is 34.3 Å². The first-order valence-corrected chi connectivity index (χ1v) is 7.74. The van der Waals surface area contributed by atoms with Gasteiger partial charge in [-0.25, -0.2) is 0 Å². The number of carbonyl (C=O) groups excluding carboxylic acids is 1. The number of benzene rings is 1. The average Bonchev–Trinajstić information content (AvgIpc) is 2.90. The van der Waals surface area contributed by atoms with Gasteiger partial charge in [0, 0.05) is 10.9 Å². The van der Waals surface area contributed by atoms with Gasteiger partial charge in [0.05, 0.1) is 6.04 Å². The minimum atomic E-state index is 0.120. The van der Waals surface area contributed by atoms with Gasteiger partial charge in [0.25, 0.3) is 0 Å². The van der Waals surface area contributed by atoms with Gasteiger partial charge in [0.15, 0.2) is 0 Å². The molecule has 1 aromatic rings. The third-order valence-corrected chi connectivity index (χ3v) is 4.18. The highest BCUT2D eigenvalue weighted by molar-refractivity contribution is 9.10. The summed E-state index contributed by atoms with van der Waals surface area (Å²) < 4.78 is 1.06. The molecule has 0 bridgehead atoms. The van der Waals surface area contributed by atoms with E-state index >= 15 is 0 Å². The van der Waals surface area contributed by atoms with Crippen LogP contribution in [-0.4, -0.2) is 19.0 Å². The van der Waals surface area contributed by atoms with Gasteiger partial charge in [-0.2, -0.15) is 0 Å². The Hall–Kier alpha value is -0.870. The summed E-state index contributed by atoms with van der Waals surface area (Å²) in [5.74, 6) is 0.672.